The Kier molecular flexibility index (Phi) is 5.46. The molecule has 8 heteroatoms. The SMILES string of the molecule is COC(=O)C1=C(C)N(CCc2cccs2)C(=O)N[C@@H]1c1ccc(Cl)s1. The van der Waals surface area contributed by atoms with Crippen LogP contribution >= 0.6 is 34.3 Å². The molecule has 0 spiro atoms. The van der Waals surface area contributed by atoms with Crippen molar-refractivity contribution >= 4 is 46.3 Å². The summed E-state index contributed by atoms with van der Waals surface area (Å²) in [5.74, 6) is -0.451. The molecule has 5 nitrogen and oxygen atoms in total. The molecule has 3 rings (SSSR count). The lowest BCUT2D eigenvalue weighted by Gasteiger charge is -2.34. The van der Waals surface area contributed by atoms with Crippen LogP contribution in [-0.4, -0.2) is 30.6 Å². The number of methoxy groups -OCH3 is 1. The summed E-state index contributed by atoms with van der Waals surface area (Å²) in [7, 11) is 1.34. The first-order valence-corrected chi connectivity index (χ1v) is 9.73. The van der Waals surface area contributed by atoms with Crippen molar-refractivity contribution in [3.63, 3.8) is 0 Å². The van der Waals surface area contributed by atoms with Crippen LogP contribution < -0.4 is 5.32 Å². The van der Waals surface area contributed by atoms with Gasteiger partial charge in [0, 0.05) is 22.0 Å². The zero-order valence-corrected chi connectivity index (χ0v) is 16.1. The Balaban J connectivity index is 1.92. The Labute approximate surface area is 158 Å². The molecular formula is C17H17ClN2O3S2. The number of hydrogen-bond donors (Lipinski definition) is 1. The van der Waals surface area contributed by atoms with Crippen molar-refractivity contribution in [2.45, 2.75) is 19.4 Å². The molecular weight excluding hydrogens is 380 g/mol. The first-order valence-electron chi connectivity index (χ1n) is 7.66. The highest BCUT2D eigenvalue weighted by Gasteiger charge is 2.36. The molecule has 0 fully saturated rings. The van der Waals surface area contributed by atoms with Gasteiger partial charge in [0.15, 0.2) is 0 Å². The third-order valence-electron chi connectivity index (χ3n) is 4.04. The van der Waals surface area contributed by atoms with Gasteiger partial charge in [-0.3, -0.25) is 4.90 Å². The number of thiophene rings is 2. The number of halogens is 1. The zero-order valence-electron chi connectivity index (χ0n) is 13.7. The molecule has 1 aliphatic heterocycles. The van der Waals surface area contributed by atoms with E-state index < -0.39 is 12.0 Å². The van der Waals surface area contributed by atoms with Crippen LogP contribution in [0.25, 0.3) is 0 Å². The number of allylic oxidation sites excluding steroid dienone is 1. The Morgan fingerprint density at radius 2 is 2.20 bits per heavy atom. The second kappa shape index (κ2) is 7.59. The normalized spacial score (nSPS) is 17.6. The maximum Gasteiger partial charge on any atom is 0.338 e. The number of esters is 1. The summed E-state index contributed by atoms with van der Waals surface area (Å²) in [5.41, 5.74) is 1.05. The second-order valence-electron chi connectivity index (χ2n) is 5.50. The van der Waals surface area contributed by atoms with Gasteiger partial charge >= 0.3 is 12.0 Å². The van der Waals surface area contributed by atoms with Gasteiger partial charge in [0.05, 0.1) is 23.1 Å². The van der Waals surface area contributed by atoms with E-state index in [-0.39, 0.29) is 6.03 Å². The Morgan fingerprint density at radius 3 is 2.80 bits per heavy atom. The molecule has 0 aromatic carbocycles. The van der Waals surface area contributed by atoms with Crippen molar-refractivity contribution in [3.05, 3.63) is 55.0 Å². The van der Waals surface area contributed by atoms with E-state index in [4.69, 9.17) is 16.3 Å². The molecule has 0 unspecified atom stereocenters. The summed E-state index contributed by atoms with van der Waals surface area (Å²) in [6.45, 7) is 2.28. The third-order valence-corrected chi connectivity index (χ3v) is 6.27. The van der Waals surface area contributed by atoms with E-state index in [1.165, 1.54) is 23.3 Å². The molecule has 0 radical (unpaired) electrons. The van der Waals surface area contributed by atoms with Crippen LogP contribution in [0.2, 0.25) is 4.34 Å². The standard InChI is InChI=1S/C17H17ClN2O3S2/c1-10-14(16(21)23-2)15(12-5-6-13(18)25-12)19-17(22)20(10)8-7-11-4-3-9-24-11/h3-6,9,15H,7-8H2,1-2H3,(H,19,22)/t15-/m1/s1. The van der Waals surface area contributed by atoms with Crippen LogP contribution in [0, 0.1) is 0 Å². The van der Waals surface area contributed by atoms with Crippen LogP contribution in [0.1, 0.15) is 22.7 Å². The van der Waals surface area contributed by atoms with Crippen LogP contribution in [-0.2, 0) is 16.0 Å². The molecule has 1 N–H and O–H groups in total. The van der Waals surface area contributed by atoms with Gasteiger partial charge in [-0.15, -0.1) is 22.7 Å². The van der Waals surface area contributed by atoms with Gasteiger partial charge in [-0.2, -0.15) is 0 Å². The molecule has 0 bridgehead atoms. The van der Waals surface area contributed by atoms with E-state index in [0.717, 1.165) is 11.3 Å². The lowest BCUT2D eigenvalue weighted by molar-refractivity contribution is -0.136. The van der Waals surface area contributed by atoms with Crippen molar-refractivity contribution in [3.8, 4) is 0 Å². The molecule has 1 atom stereocenters. The van der Waals surface area contributed by atoms with E-state index in [9.17, 15) is 9.59 Å². The van der Waals surface area contributed by atoms with Gasteiger partial charge in [-0.05, 0) is 36.9 Å². The number of carbonyl (C=O) groups excluding carboxylic acids is 2. The summed E-state index contributed by atoms with van der Waals surface area (Å²) >= 11 is 8.99. The van der Waals surface area contributed by atoms with Crippen LogP contribution in [0.4, 0.5) is 4.79 Å². The molecule has 2 aromatic heterocycles. The highest BCUT2D eigenvalue weighted by atomic mass is 35.5. The van der Waals surface area contributed by atoms with Crippen molar-refractivity contribution in [2.75, 3.05) is 13.7 Å². The number of ether oxygens (including phenoxy) is 1. The van der Waals surface area contributed by atoms with E-state index in [1.54, 1.807) is 29.2 Å². The summed E-state index contributed by atoms with van der Waals surface area (Å²) in [4.78, 5) is 28.6. The number of hydrogen-bond acceptors (Lipinski definition) is 5. The van der Waals surface area contributed by atoms with Gasteiger partial charge in [-0.25, -0.2) is 9.59 Å². The largest absolute Gasteiger partial charge is 0.466 e. The third kappa shape index (κ3) is 3.73. The monoisotopic (exact) mass is 396 g/mol. The summed E-state index contributed by atoms with van der Waals surface area (Å²) in [6, 6.07) is 6.81. The Hall–Kier alpha value is -1.83. The molecule has 2 aromatic rings. The molecule has 0 saturated heterocycles. The molecule has 2 amide bonds. The average Bonchev–Trinajstić information content (AvgIpc) is 3.25. The maximum atomic E-state index is 12.6. The van der Waals surface area contributed by atoms with Crippen LogP contribution in [0.3, 0.4) is 0 Å². The Morgan fingerprint density at radius 1 is 1.40 bits per heavy atom. The lowest BCUT2D eigenvalue weighted by atomic mass is 10.0. The first kappa shape index (κ1) is 18.0. The minimum absolute atomic E-state index is 0.226. The summed E-state index contributed by atoms with van der Waals surface area (Å²) < 4.78 is 5.55. The highest BCUT2D eigenvalue weighted by molar-refractivity contribution is 7.16. The fourth-order valence-electron chi connectivity index (χ4n) is 2.80. The van der Waals surface area contributed by atoms with Gasteiger partial charge < -0.3 is 10.1 Å². The fraction of sp³-hybridized carbons (Fsp3) is 0.294. The minimum Gasteiger partial charge on any atom is -0.466 e. The molecule has 0 saturated carbocycles. The zero-order chi connectivity index (χ0) is 18.0. The number of nitrogens with zero attached hydrogens (tertiary/aromatic N) is 1. The van der Waals surface area contributed by atoms with Crippen molar-refractivity contribution in [1.82, 2.24) is 10.2 Å². The lowest BCUT2D eigenvalue weighted by Crippen LogP contribution is -2.48. The number of amides is 2. The van der Waals surface area contributed by atoms with E-state index in [2.05, 4.69) is 5.32 Å². The number of carbonyl (C=O) groups is 2. The minimum atomic E-state index is -0.546. The molecule has 0 aliphatic carbocycles. The van der Waals surface area contributed by atoms with Gasteiger partial charge in [0.2, 0.25) is 0 Å². The maximum absolute atomic E-state index is 12.6. The van der Waals surface area contributed by atoms with E-state index in [0.29, 0.717) is 22.2 Å². The average molecular weight is 397 g/mol. The fourth-order valence-corrected chi connectivity index (χ4v) is 4.62. The first-order chi connectivity index (χ1) is 12.0. The summed E-state index contributed by atoms with van der Waals surface area (Å²) in [5, 5.41) is 4.91. The molecule has 1 aliphatic rings. The highest BCUT2D eigenvalue weighted by Crippen LogP contribution is 2.36. The second-order valence-corrected chi connectivity index (χ2v) is 8.27. The number of rotatable bonds is 5. The summed E-state index contributed by atoms with van der Waals surface area (Å²) in [6.07, 6.45) is 0.729. The quantitative estimate of drug-likeness (QED) is 0.770. The molecule has 132 valence electrons. The molecule has 25 heavy (non-hydrogen) atoms. The Bertz CT molecular complexity index is 814. The van der Waals surface area contributed by atoms with Gasteiger partial charge in [0.1, 0.15) is 0 Å². The van der Waals surface area contributed by atoms with E-state index >= 15 is 0 Å². The van der Waals surface area contributed by atoms with Crippen LogP contribution in [0.5, 0.6) is 0 Å². The van der Waals surface area contributed by atoms with Crippen molar-refractivity contribution in [1.29, 1.82) is 0 Å². The van der Waals surface area contributed by atoms with Gasteiger partial charge in [-0.1, -0.05) is 17.7 Å². The number of nitrogens with one attached hydrogen (secondary N) is 1. The van der Waals surface area contributed by atoms with Crippen molar-refractivity contribution in [2.24, 2.45) is 0 Å². The topological polar surface area (TPSA) is 58.6 Å². The van der Waals surface area contributed by atoms with Crippen molar-refractivity contribution < 1.29 is 14.3 Å². The van der Waals surface area contributed by atoms with E-state index in [1.807, 2.05) is 23.6 Å². The predicted molar refractivity (Wildman–Crippen MR) is 100 cm³/mol. The van der Waals surface area contributed by atoms with Crippen LogP contribution in [0.15, 0.2) is 40.9 Å². The molecule has 3 heterocycles. The smallest absolute Gasteiger partial charge is 0.338 e. The van der Waals surface area contributed by atoms with Gasteiger partial charge in [0.25, 0.3) is 0 Å². The number of urea groups is 1. The predicted octanol–water partition coefficient (Wildman–Crippen LogP) is 4.22.